The van der Waals surface area contributed by atoms with Gasteiger partial charge in [-0.05, 0) is 30.0 Å². The van der Waals surface area contributed by atoms with Crippen molar-refractivity contribution in [1.82, 2.24) is 9.96 Å². The second-order valence-electron chi connectivity index (χ2n) is 7.23. The van der Waals surface area contributed by atoms with E-state index in [0.29, 0.717) is 17.7 Å². The predicted octanol–water partition coefficient (Wildman–Crippen LogP) is 3.07. The molecule has 2 aromatic carbocycles. The maximum atomic E-state index is 12.7. The molecule has 0 saturated heterocycles. The molecule has 1 heterocycles. The number of thioether (sulfide) groups is 1. The fraction of sp³-hybridized carbons (Fsp3) is 0.381. The molecule has 0 fully saturated rings. The molecule has 0 saturated carbocycles. The first-order valence-electron chi connectivity index (χ1n) is 9.86. The Labute approximate surface area is 185 Å². The Morgan fingerprint density at radius 2 is 1.77 bits per heavy atom. The summed E-state index contributed by atoms with van der Waals surface area (Å²) in [6.45, 7) is 4.95. The van der Waals surface area contributed by atoms with Crippen molar-refractivity contribution in [2.24, 2.45) is 0 Å². The van der Waals surface area contributed by atoms with E-state index in [4.69, 9.17) is 0 Å². The lowest BCUT2D eigenvalue weighted by atomic mass is 9.95. The summed E-state index contributed by atoms with van der Waals surface area (Å²) in [7, 11) is -4.06. The van der Waals surface area contributed by atoms with E-state index in [1.165, 1.54) is 17.8 Å². The molecule has 0 spiro atoms. The summed E-state index contributed by atoms with van der Waals surface area (Å²) in [5, 5.41) is 1.49. The molecule has 0 bridgehead atoms. The minimum Gasteiger partial charge on any atom is -0.342 e. The molecule has 31 heavy (non-hydrogen) atoms. The van der Waals surface area contributed by atoms with Crippen LogP contribution in [0.15, 0.2) is 35.2 Å². The number of hydroxylamine groups is 2. The van der Waals surface area contributed by atoms with Crippen molar-refractivity contribution in [3.05, 3.63) is 41.5 Å². The molecule has 1 aliphatic rings. The quantitative estimate of drug-likeness (QED) is 0.415. The number of benzene rings is 2. The van der Waals surface area contributed by atoms with Crippen molar-refractivity contribution in [1.29, 1.82) is 0 Å². The van der Waals surface area contributed by atoms with Crippen LogP contribution in [-0.2, 0) is 19.2 Å². The van der Waals surface area contributed by atoms with Gasteiger partial charge in [0.2, 0.25) is 5.91 Å². The van der Waals surface area contributed by atoms with E-state index in [1.54, 1.807) is 25.1 Å². The summed E-state index contributed by atoms with van der Waals surface area (Å²) in [5.41, 5.74) is 0.401. The standard InChI is InChI=1S/C21H24N2O6S2/c1-4-5-11-22(14(2)24)12-13-30-18-10-9-17-19-15(18)7-6-8-16(19)20(25)23(21(17)26)29-31(3,27)28/h6-10H,4-5,11-13H2,1-3H3. The zero-order valence-corrected chi connectivity index (χ0v) is 19.2. The fourth-order valence-corrected chi connectivity index (χ4v) is 4.85. The average molecular weight is 465 g/mol. The van der Waals surface area contributed by atoms with Crippen molar-refractivity contribution in [2.75, 3.05) is 25.1 Å². The molecule has 2 aromatic rings. The second-order valence-corrected chi connectivity index (χ2v) is 9.92. The molecule has 0 unspecified atom stereocenters. The highest BCUT2D eigenvalue weighted by atomic mass is 32.2. The smallest absolute Gasteiger partial charge is 0.286 e. The van der Waals surface area contributed by atoms with E-state index < -0.39 is 21.9 Å². The SMILES string of the molecule is CCCCN(CCSc1ccc2c3c(cccc13)C(=O)N(OS(C)(=O)=O)C2=O)C(C)=O. The molecule has 0 atom stereocenters. The molecule has 3 amide bonds. The monoisotopic (exact) mass is 464 g/mol. The maximum absolute atomic E-state index is 12.7. The van der Waals surface area contributed by atoms with Gasteiger partial charge in [0.15, 0.2) is 0 Å². The summed E-state index contributed by atoms with van der Waals surface area (Å²) >= 11 is 1.54. The zero-order chi connectivity index (χ0) is 22.8. The van der Waals surface area contributed by atoms with Gasteiger partial charge in [0, 0.05) is 36.0 Å². The van der Waals surface area contributed by atoms with Crippen LogP contribution in [0.4, 0.5) is 0 Å². The Kier molecular flexibility index (Phi) is 7.03. The van der Waals surface area contributed by atoms with Crippen LogP contribution in [0.1, 0.15) is 47.4 Å². The van der Waals surface area contributed by atoms with Crippen molar-refractivity contribution in [2.45, 2.75) is 31.6 Å². The van der Waals surface area contributed by atoms with E-state index >= 15 is 0 Å². The largest absolute Gasteiger partial charge is 0.342 e. The molecule has 0 aliphatic carbocycles. The number of amides is 3. The summed E-state index contributed by atoms with van der Waals surface area (Å²) in [5.74, 6) is -0.947. The molecular formula is C21H24N2O6S2. The molecule has 0 N–H and O–H groups in total. The van der Waals surface area contributed by atoms with E-state index in [1.807, 2.05) is 11.0 Å². The number of hydrogen-bond acceptors (Lipinski definition) is 7. The van der Waals surface area contributed by atoms with Gasteiger partial charge in [-0.25, -0.2) is 0 Å². The number of hydrogen-bond donors (Lipinski definition) is 0. The van der Waals surface area contributed by atoms with Crippen LogP contribution in [0.25, 0.3) is 10.8 Å². The number of carbonyl (C=O) groups excluding carboxylic acids is 3. The number of carbonyl (C=O) groups is 3. The third-order valence-corrected chi connectivity index (χ3v) is 6.36. The van der Waals surface area contributed by atoms with Crippen molar-refractivity contribution in [3.63, 3.8) is 0 Å². The number of nitrogens with zero attached hydrogens (tertiary/aromatic N) is 2. The fourth-order valence-electron chi connectivity index (χ4n) is 3.42. The van der Waals surface area contributed by atoms with Crippen molar-refractivity contribution < 1.29 is 27.1 Å². The summed E-state index contributed by atoms with van der Waals surface area (Å²) in [4.78, 5) is 40.0. The zero-order valence-electron chi connectivity index (χ0n) is 17.6. The molecule has 0 radical (unpaired) electrons. The third kappa shape index (κ3) is 5.08. The van der Waals surface area contributed by atoms with E-state index in [9.17, 15) is 22.8 Å². The van der Waals surface area contributed by atoms with E-state index in [-0.39, 0.29) is 22.1 Å². The van der Waals surface area contributed by atoms with Gasteiger partial charge in [0.05, 0.1) is 17.4 Å². The first kappa shape index (κ1) is 23.2. The molecule has 8 nitrogen and oxygen atoms in total. The van der Waals surface area contributed by atoms with Crippen molar-refractivity contribution >= 4 is 50.4 Å². The first-order valence-corrected chi connectivity index (χ1v) is 12.7. The van der Waals surface area contributed by atoms with Crippen molar-refractivity contribution in [3.8, 4) is 0 Å². The van der Waals surface area contributed by atoms with Crippen LogP contribution in [0.5, 0.6) is 0 Å². The second kappa shape index (κ2) is 9.37. The first-order chi connectivity index (χ1) is 14.6. The Hall–Kier alpha value is -2.43. The van der Waals surface area contributed by atoms with Crippen LogP contribution in [0, 0.1) is 0 Å². The Balaban J connectivity index is 1.89. The molecule has 0 aromatic heterocycles. The lowest BCUT2D eigenvalue weighted by Gasteiger charge is -2.25. The Morgan fingerprint density at radius 3 is 2.39 bits per heavy atom. The molecule has 1 aliphatic heterocycles. The van der Waals surface area contributed by atoms with Gasteiger partial charge >= 0.3 is 0 Å². The molecular weight excluding hydrogens is 440 g/mol. The minimum atomic E-state index is -4.06. The van der Waals surface area contributed by atoms with Gasteiger partial charge < -0.3 is 4.90 Å². The van der Waals surface area contributed by atoms with Crippen LogP contribution < -0.4 is 0 Å². The maximum Gasteiger partial charge on any atom is 0.286 e. The van der Waals surface area contributed by atoms with Gasteiger partial charge in [0.25, 0.3) is 21.9 Å². The normalized spacial score (nSPS) is 13.7. The third-order valence-electron chi connectivity index (χ3n) is 4.89. The highest BCUT2D eigenvalue weighted by Crippen LogP contribution is 2.36. The van der Waals surface area contributed by atoms with E-state index in [0.717, 1.165) is 35.9 Å². The molecule has 10 heteroatoms. The predicted molar refractivity (Wildman–Crippen MR) is 118 cm³/mol. The van der Waals surface area contributed by atoms with Gasteiger partial charge in [-0.1, -0.05) is 25.5 Å². The highest BCUT2D eigenvalue weighted by molar-refractivity contribution is 7.99. The topological polar surface area (TPSA) is 101 Å². The minimum absolute atomic E-state index is 0.0353. The summed E-state index contributed by atoms with van der Waals surface area (Å²) < 4.78 is 27.6. The Morgan fingerprint density at radius 1 is 1.10 bits per heavy atom. The lowest BCUT2D eigenvalue weighted by molar-refractivity contribution is -0.128. The summed E-state index contributed by atoms with van der Waals surface area (Å²) in [6.07, 6.45) is 2.73. The summed E-state index contributed by atoms with van der Waals surface area (Å²) in [6, 6.07) is 8.37. The van der Waals surface area contributed by atoms with Gasteiger partial charge in [-0.3, -0.25) is 14.4 Å². The molecule has 3 rings (SSSR count). The van der Waals surface area contributed by atoms with Crippen LogP contribution in [-0.4, -0.2) is 61.2 Å². The van der Waals surface area contributed by atoms with Crippen LogP contribution in [0.2, 0.25) is 0 Å². The van der Waals surface area contributed by atoms with Crippen LogP contribution >= 0.6 is 11.8 Å². The number of imide groups is 1. The van der Waals surface area contributed by atoms with E-state index in [2.05, 4.69) is 11.2 Å². The Bertz CT molecular complexity index is 1120. The lowest BCUT2D eigenvalue weighted by Crippen LogP contribution is -2.41. The average Bonchev–Trinajstić information content (AvgIpc) is 2.71. The van der Waals surface area contributed by atoms with Gasteiger partial charge in [-0.15, -0.1) is 21.1 Å². The molecule has 166 valence electrons. The van der Waals surface area contributed by atoms with Crippen LogP contribution in [0.3, 0.4) is 0 Å². The number of unbranched alkanes of at least 4 members (excludes halogenated alkanes) is 1. The van der Waals surface area contributed by atoms with Gasteiger partial charge in [-0.2, -0.15) is 8.42 Å². The highest BCUT2D eigenvalue weighted by Gasteiger charge is 2.36. The van der Waals surface area contributed by atoms with Gasteiger partial charge in [0.1, 0.15) is 0 Å². The number of rotatable bonds is 9.